The van der Waals surface area contributed by atoms with Gasteiger partial charge >= 0.3 is 0 Å². The SMILES string of the molecule is CCc1nc(C)c(CC(=O)N2CCNCC2)s1. The van der Waals surface area contributed by atoms with E-state index in [1.54, 1.807) is 11.3 Å². The molecule has 1 saturated heterocycles. The highest BCUT2D eigenvalue weighted by Gasteiger charge is 2.18. The minimum atomic E-state index is 0.237. The normalized spacial score (nSPS) is 16.2. The molecule has 1 aliphatic heterocycles. The van der Waals surface area contributed by atoms with E-state index in [1.165, 1.54) is 0 Å². The molecule has 0 saturated carbocycles. The lowest BCUT2D eigenvalue weighted by Gasteiger charge is -2.27. The third-order valence-electron chi connectivity index (χ3n) is 3.02. The van der Waals surface area contributed by atoms with Crippen molar-refractivity contribution in [3.05, 3.63) is 15.6 Å². The Kier molecular flexibility index (Phi) is 4.12. The number of amides is 1. The monoisotopic (exact) mass is 253 g/mol. The number of thiazole rings is 1. The molecule has 1 fully saturated rings. The quantitative estimate of drug-likeness (QED) is 0.873. The van der Waals surface area contributed by atoms with E-state index in [9.17, 15) is 4.79 Å². The number of rotatable bonds is 3. The zero-order valence-electron chi connectivity index (χ0n) is 10.5. The second kappa shape index (κ2) is 5.60. The Morgan fingerprint density at radius 2 is 2.18 bits per heavy atom. The van der Waals surface area contributed by atoms with E-state index < -0.39 is 0 Å². The van der Waals surface area contributed by atoms with Crippen LogP contribution in [0, 0.1) is 6.92 Å². The van der Waals surface area contributed by atoms with E-state index in [0.29, 0.717) is 6.42 Å². The molecule has 0 aliphatic carbocycles. The molecule has 1 aliphatic rings. The summed E-state index contributed by atoms with van der Waals surface area (Å²) < 4.78 is 0. The van der Waals surface area contributed by atoms with Gasteiger partial charge in [0.05, 0.1) is 17.1 Å². The number of nitrogens with one attached hydrogen (secondary N) is 1. The predicted octanol–water partition coefficient (Wildman–Crippen LogP) is 0.988. The first-order valence-electron chi connectivity index (χ1n) is 6.14. The summed E-state index contributed by atoms with van der Waals surface area (Å²) in [6.45, 7) is 7.58. The van der Waals surface area contributed by atoms with E-state index in [4.69, 9.17) is 0 Å². The first-order valence-corrected chi connectivity index (χ1v) is 6.96. The number of aromatic nitrogens is 1. The number of hydrogen-bond acceptors (Lipinski definition) is 4. The maximum Gasteiger partial charge on any atom is 0.227 e. The van der Waals surface area contributed by atoms with Crippen LogP contribution in [0.25, 0.3) is 0 Å². The number of carbonyl (C=O) groups excluding carboxylic acids is 1. The second-order valence-electron chi connectivity index (χ2n) is 4.28. The van der Waals surface area contributed by atoms with Gasteiger partial charge in [-0.15, -0.1) is 11.3 Å². The molecule has 94 valence electrons. The molecule has 0 radical (unpaired) electrons. The van der Waals surface area contributed by atoms with Gasteiger partial charge in [0.1, 0.15) is 0 Å². The van der Waals surface area contributed by atoms with Crippen LogP contribution in [0.3, 0.4) is 0 Å². The average molecular weight is 253 g/mol. The fourth-order valence-corrected chi connectivity index (χ4v) is 2.97. The second-order valence-corrected chi connectivity index (χ2v) is 5.45. The third kappa shape index (κ3) is 3.04. The van der Waals surface area contributed by atoms with Gasteiger partial charge in [0.15, 0.2) is 0 Å². The maximum atomic E-state index is 12.1. The van der Waals surface area contributed by atoms with Crippen LogP contribution in [0.5, 0.6) is 0 Å². The molecule has 0 aromatic carbocycles. The lowest BCUT2D eigenvalue weighted by atomic mass is 10.2. The zero-order chi connectivity index (χ0) is 12.3. The molecule has 1 aromatic rings. The van der Waals surface area contributed by atoms with Gasteiger partial charge in [-0.3, -0.25) is 4.79 Å². The Bertz CT molecular complexity index is 396. The van der Waals surface area contributed by atoms with Gasteiger partial charge in [-0.2, -0.15) is 0 Å². The summed E-state index contributed by atoms with van der Waals surface area (Å²) in [4.78, 5) is 19.6. The molecule has 1 N–H and O–H groups in total. The van der Waals surface area contributed by atoms with E-state index in [-0.39, 0.29) is 5.91 Å². The average Bonchev–Trinajstić information content (AvgIpc) is 2.71. The lowest BCUT2D eigenvalue weighted by Crippen LogP contribution is -2.46. The molecule has 2 heterocycles. The fraction of sp³-hybridized carbons (Fsp3) is 0.667. The molecule has 5 heteroatoms. The van der Waals surface area contributed by atoms with Gasteiger partial charge in [0.2, 0.25) is 5.91 Å². The Labute approximate surface area is 106 Å². The Hall–Kier alpha value is -0.940. The van der Waals surface area contributed by atoms with Crippen molar-refractivity contribution < 1.29 is 4.79 Å². The highest BCUT2D eigenvalue weighted by molar-refractivity contribution is 7.11. The summed E-state index contributed by atoms with van der Waals surface area (Å²) in [5, 5.41) is 4.38. The molecule has 1 amide bonds. The van der Waals surface area contributed by atoms with Crippen LogP contribution in [-0.2, 0) is 17.6 Å². The fourth-order valence-electron chi connectivity index (χ4n) is 1.97. The lowest BCUT2D eigenvalue weighted by molar-refractivity contribution is -0.130. The summed E-state index contributed by atoms with van der Waals surface area (Å²) in [7, 11) is 0. The van der Waals surface area contributed by atoms with Crippen LogP contribution in [0.1, 0.15) is 22.5 Å². The summed E-state index contributed by atoms with van der Waals surface area (Å²) >= 11 is 1.68. The first-order chi connectivity index (χ1) is 8.20. The molecule has 0 bridgehead atoms. The van der Waals surface area contributed by atoms with Gasteiger partial charge in [-0.25, -0.2) is 4.98 Å². The topological polar surface area (TPSA) is 45.2 Å². The van der Waals surface area contributed by atoms with Crippen LogP contribution in [-0.4, -0.2) is 42.0 Å². The molecule has 0 unspecified atom stereocenters. The van der Waals surface area contributed by atoms with Crippen molar-refractivity contribution in [1.29, 1.82) is 0 Å². The van der Waals surface area contributed by atoms with Gasteiger partial charge in [-0.05, 0) is 13.3 Å². The van der Waals surface area contributed by atoms with Crippen molar-refractivity contribution in [3.63, 3.8) is 0 Å². The number of piperazine rings is 1. The maximum absolute atomic E-state index is 12.1. The van der Waals surface area contributed by atoms with Crippen LogP contribution in [0.2, 0.25) is 0 Å². The molecular formula is C12H19N3OS. The van der Waals surface area contributed by atoms with Gasteiger partial charge in [-0.1, -0.05) is 6.92 Å². The number of aryl methyl sites for hydroxylation is 2. The smallest absolute Gasteiger partial charge is 0.227 e. The molecule has 17 heavy (non-hydrogen) atoms. The largest absolute Gasteiger partial charge is 0.340 e. The van der Waals surface area contributed by atoms with Crippen molar-refractivity contribution in [2.24, 2.45) is 0 Å². The molecule has 2 rings (SSSR count). The summed E-state index contributed by atoms with van der Waals surface area (Å²) in [6.07, 6.45) is 1.47. The van der Waals surface area contributed by atoms with Crippen molar-refractivity contribution in [3.8, 4) is 0 Å². The van der Waals surface area contributed by atoms with E-state index in [1.807, 2.05) is 11.8 Å². The van der Waals surface area contributed by atoms with Crippen LogP contribution < -0.4 is 5.32 Å². The Balaban J connectivity index is 1.99. The standard InChI is InChI=1S/C12H19N3OS/c1-3-11-14-9(2)10(17-11)8-12(16)15-6-4-13-5-7-15/h13H,3-8H2,1-2H3. The Morgan fingerprint density at radius 3 is 2.76 bits per heavy atom. The van der Waals surface area contributed by atoms with Crippen LogP contribution in [0.4, 0.5) is 0 Å². The minimum absolute atomic E-state index is 0.237. The first kappa shape index (κ1) is 12.5. The Morgan fingerprint density at radius 1 is 1.47 bits per heavy atom. The zero-order valence-corrected chi connectivity index (χ0v) is 11.3. The summed E-state index contributed by atoms with van der Waals surface area (Å²) in [6, 6.07) is 0. The summed E-state index contributed by atoms with van der Waals surface area (Å²) in [5.41, 5.74) is 1.02. The third-order valence-corrected chi connectivity index (χ3v) is 4.32. The summed E-state index contributed by atoms with van der Waals surface area (Å²) in [5.74, 6) is 0.237. The van der Waals surface area contributed by atoms with E-state index in [2.05, 4.69) is 17.2 Å². The highest BCUT2D eigenvalue weighted by atomic mass is 32.1. The van der Waals surface area contributed by atoms with Crippen LogP contribution in [0.15, 0.2) is 0 Å². The highest BCUT2D eigenvalue weighted by Crippen LogP contribution is 2.19. The molecule has 1 aromatic heterocycles. The molecular weight excluding hydrogens is 234 g/mol. The van der Waals surface area contributed by atoms with E-state index in [0.717, 1.165) is 48.2 Å². The number of nitrogens with zero attached hydrogens (tertiary/aromatic N) is 2. The number of carbonyl (C=O) groups is 1. The molecule has 0 atom stereocenters. The predicted molar refractivity (Wildman–Crippen MR) is 69.4 cm³/mol. The van der Waals surface area contributed by atoms with Crippen molar-refractivity contribution in [2.75, 3.05) is 26.2 Å². The van der Waals surface area contributed by atoms with E-state index >= 15 is 0 Å². The van der Waals surface area contributed by atoms with Gasteiger partial charge < -0.3 is 10.2 Å². The van der Waals surface area contributed by atoms with Crippen molar-refractivity contribution >= 4 is 17.2 Å². The minimum Gasteiger partial charge on any atom is -0.340 e. The van der Waals surface area contributed by atoms with Crippen molar-refractivity contribution in [1.82, 2.24) is 15.2 Å². The van der Waals surface area contributed by atoms with Crippen molar-refractivity contribution in [2.45, 2.75) is 26.7 Å². The number of hydrogen-bond donors (Lipinski definition) is 1. The van der Waals surface area contributed by atoms with Gasteiger partial charge in [0.25, 0.3) is 0 Å². The van der Waals surface area contributed by atoms with Gasteiger partial charge in [0, 0.05) is 31.1 Å². The molecule has 4 nitrogen and oxygen atoms in total. The molecule has 0 spiro atoms. The van der Waals surface area contributed by atoms with Crippen LogP contribution >= 0.6 is 11.3 Å².